The molecule has 0 bridgehead atoms. The van der Waals surface area contributed by atoms with Gasteiger partial charge in [0.05, 0.1) is 19.1 Å². The summed E-state index contributed by atoms with van der Waals surface area (Å²) >= 11 is 0. The van der Waals surface area contributed by atoms with Gasteiger partial charge in [-0.15, -0.1) is 0 Å². The maximum absolute atomic E-state index is 11.3. The topological polar surface area (TPSA) is 72.6 Å². The first-order chi connectivity index (χ1) is 8.04. The standard InChI is InChI=1S/C13H17NO3/c1-9(15)3-8-12(13(14)16)10-4-6-11(17-2)7-5-10/h3-9,12,15H,1-2H3,(H2,14,16)/t9-,12+/m0/s1. The lowest BCUT2D eigenvalue weighted by Crippen LogP contribution is -2.20. The Morgan fingerprint density at radius 1 is 1.35 bits per heavy atom. The van der Waals surface area contributed by atoms with Gasteiger partial charge in [0.15, 0.2) is 0 Å². The fraction of sp³-hybridized carbons (Fsp3) is 0.308. The molecular weight excluding hydrogens is 218 g/mol. The zero-order chi connectivity index (χ0) is 12.8. The molecule has 1 aromatic rings. The summed E-state index contributed by atoms with van der Waals surface area (Å²) in [5.41, 5.74) is 6.10. The van der Waals surface area contributed by atoms with Crippen LogP contribution >= 0.6 is 0 Å². The van der Waals surface area contributed by atoms with E-state index >= 15 is 0 Å². The largest absolute Gasteiger partial charge is 0.497 e. The van der Waals surface area contributed by atoms with Crippen LogP contribution in [0.5, 0.6) is 5.75 Å². The van der Waals surface area contributed by atoms with E-state index < -0.39 is 17.9 Å². The third kappa shape index (κ3) is 3.92. The van der Waals surface area contributed by atoms with E-state index in [2.05, 4.69) is 0 Å². The Morgan fingerprint density at radius 2 is 1.94 bits per heavy atom. The van der Waals surface area contributed by atoms with E-state index in [1.807, 2.05) is 0 Å². The van der Waals surface area contributed by atoms with Crippen molar-refractivity contribution in [3.05, 3.63) is 42.0 Å². The molecule has 0 aliphatic heterocycles. The van der Waals surface area contributed by atoms with Crippen LogP contribution < -0.4 is 10.5 Å². The lowest BCUT2D eigenvalue weighted by molar-refractivity contribution is -0.118. The molecule has 0 spiro atoms. The average molecular weight is 235 g/mol. The summed E-state index contributed by atoms with van der Waals surface area (Å²) in [7, 11) is 1.58. The van der Waals surface area contributed by atoms with Gasteiger partial charge in [-0.05, 0) is 24.6 Å². The molecular formula is C13H17NO3. The molecule has 0 saturated carbocycles. The monoisotopic (exact) mass is 235 g/mol. The Balaban J connectivity index is 2.93. The number of amides is 1. The lowest BCUT2D eigenvalue weighted by Gasteiger charge is -2.10. The van der Waals surface area contributed by atoms with E-state index in [0.29, 0.717) is 0 Å². The number of aliphatic hydroxyl groups is 1. The van der Waals surface area contributed by atoms with Crippen molar-refractivity contribution >= 4 is 5.91 Å². The van der Waals surface area contributed by atoms with Gasteiger partial charge < -0.3 is 15.6 Å². The van der Waals surface area contributed by atoms with Crippen LogP contribution in [-0.2, 0) is 4.79 Å². The normalized spacial score (nSPS) is 14.5. The van der Waals surface area contributed by atoms with Crippen molar-refractivity contribution in [3.8, 4) is 5.75 Å². The number of hydrogen-bond acceptors (Lipinski definition) is 3. The van der Waals surface area contributed by atoms with Gasteiger partial charge in [-0.2, -0.15) is 0 Å². The fourth-order valence-electron chi connectivity index (χ4n) is 1.45. The van der Waals surface area contributed by atoms with Crippen LogP contribution in [0.3, 0.4) is 0 Å². The summed E-state index contributed by atoms with van der Waals surface area (Å²) in [6.07, 6.45) is 2.55. The maximum Gasteiger partial charge on any atom is 0.228 e. The van der Waals surface area contributed by atoms with Crippen molar-refractivity contribution in [2.75, 3.05) is 7.11 Å². The van der Waals surface area contributed by atoms with Gasteiger partial charge in [0.1, 0.15) is 5.75 Å². The molecule has 0 fully saturated rings. The Labute approximate surface area is 101 Å². The quantitative estimate of drug-likeness (QED) is 0.753. The van der Waals surface area contributed by atoms with Crippen LogP contribution in [0, 0.1) is 0 Å². The summed E-state index contributed by atoms with van der Waals surface area (Å²) in [4.78, 5) is 11.3. The highest BCUT2D eigenvalue weighted by Crippen LogP contribution is 2.20. The van der Waals surface area contributed by atoms with Crippen LogP contribution in [0.1, 0.15) is 18.4 Å². The van der Waals surface area contributed by atoms with Gasteiger partial charge in [-0.25, -0.2) is 0 Å². The Hall–Kier alpha value is -1.81. The Kier molecular flexibility index (Phi) is 4.72. The Morgan fingerprint density at radius 3 is 2.35 bits per heavy atom. The zero-order valence-corrected chi connectivity index (χ0v) is 9.96. The SMILES string of the molecule is COc1ccc([C@@H](C=C[C@H](C)O)C(N)=O)cc1. The lowest BCUT2D eigenvalue weighted by atomic mass is 9.97. The van der Waals surface area contributed by atoms with Crippen LogP contribution in [-0.4, -0.2) is 24.2 Å². The predicted octanol–water partition coefficient (Wildman–Crippen LogP) is 1.20. The van der Waals surface area contributed by atoms with Crippen LogP contribution in [0.25, 0.3) is 0 Å². The highest BCUT2D eigenvalue weighted by Gasteiger charge is 2.14. The van der Waals surface area contributed by atoms with Crippen LogP contribution in [0.2, 0.25) is 0 Å². The third-order valence-corrected chi connectivity index (χ3v) is 2.36. The minimum Gasteiger partial charge on any atom is -0.497 e. The van der Waals surface area contributed by atoms with E-state index in [4.69, 9.17) is 15.6 Å². The first kappa shape index (κ1) is 13.3. The fourth-order valence-corrected chi connectivity index (χ4v) is 1.45. The molecule has 0 aromatic heterocycles. The van der Waals surface area contributed by atoms with Crippen molar-refractivity contribution in [2.45, 2.75) is 18.9 Å². The molecule has 2 atom stereocenters. The number of rotatable bonds is 5. The molecule has 0 unspecified atom stereocenters. The number of ether oxygens (including phenoxy) is 1. The summed E-state index contributed by atoms with van der Waals surface area (Å²) in [6.45, 7) is 1.61. The second-order valence-electron chi connectivity index (χ2n) is 3.78. The van der Waals surface area contributed by atoms with E-state index in [9.17, 15) is 4.79 Å². The highest BCUT2D eigenvalue weighted by atomic mass is 16.5. The van der Waals surface area contributed by atoms with Crippen molar-refractivity contribution in [3.63, 3.8) is 0 Å². The smallest absolute Gasteiger partial charge is 0.228 e. The van der Waals surface area contributed by atoms with Gasteiger partial charge in [-0.3, -0.25) is 4.79 Å². The first-order valence-electron chi connectivity index (χ1n) is 5.34. The molecule has 0 heterocycles. The second kappa shape index (κ2) is 6.06. The number of benzene rings is 1. The summed E-state index contributed by atoms with van der Waals surface area (Å²) in [5, 5.41) is 9.15. The molecule has 0 radical (unpaired) electrons. The van der Waals surface area contributed by atoms with Gasteiger partial charge >= 0.3 is 0 Å². The van der Waals surface area contributed by atoms with Gasteiger partial charge in [0.25, 0.3) is 0 Å². The molecule has 1 amide bonds. The van der Waals surface area contributed by atoms with E-state index in [0.717, 1.165) is 11.3 Å². The van der Waals surface area contributed by atoms with Gasteiger partial charge in [0.2, 0.25) is 5.91 Å². The number of primary amides is 1. The first-order valence-corrected chi connectivity index (χ1v) is 5.34. The van der Waals surface area contributed by atoms with Gasteiger partial charge in [0, 0.05) is 0 Å². The minimum atomic E-state index is -0.602. The van der Waals surface area contributed by atoms with Crippen molar-refractivity contribution in [1.82, 2.24) is 0 Å². The summed E-state index contributed by atoms with van der Waals surface area (Å²) in [6, 6.07) is 7.09. The number of aliphatic hydroxyl groups excluding tert-OH is 1. The van der Waals surface area contributed by atoms with E-state index in [1.54, 1.807) is 50.5 Å². The molecule has 0 saturated heterocycles. The number of methoxy groups -OCH3 is 1. The number of nitrogens with two attached hydrogens (primary N) is 1. The molecule has 92 valence electrons. The van der Waals surface area contributed by atoms with E-state index in [-0.39, 0.29) is 0 Å². The molecule has 4 heteroatoms. The molecule has 1 aromatic carbocycles. The zero-order valence-electron chi connectivity index (χ0n) is 9.96. The predicted molar refractivity (Wildman–Crippen MR) is 65.8 cm³/mol. The number of carbonyl (C=O) groups is 1. The van der Waals surface area contributed by atoms with Crippen molar-refractivity contribution in [1.29, 1.82) is 0 Å². The van der Waals surface area contributed by atoms with Crippen LogP contribution in [0.4, 0.5) is 0 Å². The summed E-state index contributed by atoms with van der Waals surface area (Å²) in [5.74, 6) is -0.265. The molecule has 0 aliphatic rings. The minimum absolute atomic E-state index is 0.452. The average Bonchev–Trinajstić information content (AvgIpc) is 2.29. The molecule has 1 rings (SSSR count). The van der Waals surface area contributed by atoms with E-state index in [1.165, 1.54) is 0 Å². The van der Waals surface area contributed by atoms with Crippen molar-refractivity contribution < 1.29 is 14.6 Å². The molecule has 4 nitrogen and oxygen atoms in total. The summed E-state index contributed by atoms with van der Waals surface area (Å²) < 4.78 is 5.03. The number of carbonyl (C=O) groups excluding carboxylic acids is 1. The van der Waals surface area contributed by atoms with Crippen molar-refractivity contribution in [2.24, 2.45) is 5.73 Å². The third-order valence-electron chi connectivity index (χ3n) is 2.36. The number of hydrogen-bond donors (Lipinski definition) is 2. The Bertz CT molecular complexity index is 396. The maximum atomic E-state index is 11.3. The molecule has 3 N–H and O–H groups in total. The highest BCUT2D eigenvalue weighted by molar-refractivity contribution is 5.84. The van der Waals surface area contributed by atoms with Crippen LogP contribution in [0.15, 0.2) is 36.4 Å². The van der Waals surface area contributed by atoms with Gasteiger partial charge in [-0.1, -0.05) is 24.3 Å². The molecule has 0 aliphatic carbocycles. The molecule has 17 heavy (non-hydrogen) atoms. The second-order valence-corrected chi connectivity index (χ2v) is 3.78.